The third-order valence-electron chi connectivity index (χ3n) is 3.59. The van der Waals surface area contributed by atoms with Gasteiger partial charge in [-0.1, -0.05) is 6.92 Å². The molecule has 3 rings (SSSR count). The summed E-state index contributed by atoms with van der Waals surface area (Å²) in [6.45, 7) is 9.09. The Bertz CT molecular complexity index is 787. The van der Waals surface area contributed by atoms with E-state index in [0.29, 0.717) is 5.95 Å². The second-order valence-electron chi connectivity index (χ2n) is 4.97. The number of hydrogen-bond donors (Lipinski definition) is 1. The van der Waals surface area contributed by atoms with Crippen LogP contribution in [-0.2, 0) is 6.42 Å². The molecule has 0 bridgehead atoms. The lowest BCUT2D eigenvalue weighted by atomic mass is 10.3. The highest BCUT2D eigenvalue weighted by atomic mass is 32.1. The largest absolute Gasteiger partial charge is 0.354 e. The number of fused-ring (bicyclic) bond motifs is 1. The van der Waals surface area contributed by atoms with E-state index in [1.54, 1.807) is 11.3 Å². The van der Waals surface area contributed by atoms with Crippen LogP contribution in [0.25, 0.3) is 16.0 Å². The van der Waals surface area contributed by atoms with E-state index in [1.165, 1.54) is 4.88 Å². The predicted octanol–water partition coefficient (Wildman–Crippen LogP) is 3.49. The van der Waals surface area contributed by atoms with Crippen molar-refractivity contribution >= 4 is 27.5 Å². The molecule has 0 atom stereocenters. The molecule has 0 spiro atoms. The number of aromatic nitrogens is 4. The Morgan fingerprint density at radius 2 is 2.05 bits per heavy atom. The first-order valence-corrected chi connectivity index (χ1v) is 8.01. The standard InChI is InChI=1S/C15H19N5S/c1-5-11-7-12-13(20-8-17-9(3)10(20)4)18-15(16-6-2)19-14(12)21-11/h7-8H,5-6H2,1-4H3,(H,16,18,19). The highest BCUT2D eigenvalue weighted by molar-refractivity contribution is 7.18. The lowest BCUT2D eigenvalue weighted by Gasteiger charge is -2.09. The number of anilines is 1. The van der Waals surface area contributed by atoms with Gasteiger partial charge in [0, 0.05) is 17.1 Å². The maximum absolute atomic E-state index is 4.69. The smallest absolute Gasteiger partial charge is 0.226 e. The number of nitrogens with zero attached hydrogens (tertiary/aromatic N) is 4. The molecular formula is C15H19N5S. The van der Waals surface area contributed by atoms with E-state index in [9.17, 15) is 0 Å². The summed E-state index contributed by atoms with van der Waals surface area (Å²) in [6, 6.07) is 2.19. The Balaban J connectivity index is 2.27. The van der Waals surface area contributed by atoms with Crippen LogP contribution in [0, 0.1) is 13.8 Å². The zero-order valence-corrected chi connectivity index (χ0v) is 13.6. The molecule has 6 heteroatoms. The van der Waals surface area contributed by atoms with Crippen LogP contribution in [0.3, 0.4) is 0 Å². The van der Waals surface area contributed by atoms with Crippen molar-refractivity contribution in [3.63, 3.8) is 0 Å². The minimum absolute atomic E-state index is 0.676. The highest BCUT2D eigenvalue weighted by Gasteiger charge is 2.15. The van der Waals surface area contributed by atoms with Crippen LogP contribution in [0.5, 0.6) is 0 Å². The molecule has 0 aliphatic carbocycles. The normalized spacial score (nSPS) is 11.2. The molecule has 3 heterocycles. The highest BCUT2D eigenvalue weighted by Crippen LogP contribution is 2.30. The summed E-state index contributed by atoms with van der Waals surface area (Å²) < 4.78 is 2.05. The average Bonchev–Trinajstić information content (AvgIpc) is 3.03. The minimum Gasteiger partial charge on any atom is -0.354 e. The van der Waals surface area contributed by atoms with Crippen LogP contribution in [0.1, 0.15) is 30.1 Å². The van der Waals surface area contributed by atoms with Gasteiger partial charge >= 0.3 is 0 Å². The summed E-state index contributed by atoms with van der Waals surface area (Å²) in [5.74, 6) is 1.58. The number of imidazole rings is 1. The predicted molar refractivity (Wildman–Crippen MR) is 87.6 cm³/mol. The second kappa shape index (κ2) is 5.44. The molecule has 0 unspecified atom stereocenters. The van der Waals surface area contributed by atoms with Gasteiger partial charge in [-0.3, -0.25) is 4.57 Å². The van der Waals surface area contributed by atoms with Gasteiger partial charge in [0.15, 0.2) is 5.82 Å². The van der Waals surface area contributed by atoms with E-state index >= 15 is 0 Å². The molecule has 21 heavy (non-hydrogen) atoms. The minimum atomic E-state index is 0.676. The lowest BCUT2D eigenvalue weighted by Crippen LogP contribution is -2.06. The Hall–Kier alpha value is -1.95. The first-order chi connectivity index (χ1) is 10.1. The maximum atomic E-state index is 4.69. The van der Waals surface area contributed by atoms with Crippen molar-refractivity contribution in [3.8, 4) is 5.82 Å². The van der Waals surface area contributed by atoms with Crippen molar-refractivity contribution in [3.05, 3.63) is 28.7 Å². The van der Waals surface area contributed by atoms with Crippen LogP contribution >= 0.6 is 11.3 Å². The molecule has 1 N–H and O–H groups in total. The molecule has 0 aromatic carbocycles. The van der Waals surface area contributed by atoms with Crippen molar-refractivity contribution in [2.24, 2.45) is 0 Å². The van der Waals surface area contributed by atoms with Crippen LogP contribution in [-0.4, -0.2) is 26.1 Å². The fourth-order valence-electron chi connectivity index (χ4n) is 2.26. The number of thiophene rings is 1. The molecule has 0 aliphatic rings. The van der Waals surface area contributed by atoms with E-state index in [0.717, 1.165) is 40.4 Å². The van der Waals surface area contributed by atoms with Crippen molar-refractivity contribution in [2.75, 3.05) is 11.9 Å². The van der Waals surface area contributed by atoms with Gasteiger partial charge in [-0.15, -0.1) is 11.3 Å². The van der Waals surface area contributed by atoms with Gasteiger partial charge in [-0.2, -0.15) is 4.98 Å². The molecule has 3 aromatic rings. The van der Waals surface area contributed by atoms with E-state index in [4.69, 9.17) is 4.98 Å². The van der Waals surface area contributed by atoms with Crippen LogP contribution < -0.4 is 5.32 Å². The first kappa shape index (κ1) is 14.0. The first-order valence-electron chi connectivity index (χ1n) is 7.19. The lowest BCUT2D eigenvalue weighted by molar-refractivity contribution is 0.950. The van der Waals surface area contributed by atoms with Crippen molar-refractivity contribution < 1.29 is 0 Å². The molecule has 0 aliphatic heterocycles. The molecule has 5 nitrogen and oxygen atoms in total. The monoisotopic (exact) mass is 301 g/mol. The molecule has 0 radical (unpaired) electrons. The Labute approximate surface area is 128 Å². The number of aryl methyl sites for hydroxylation is 2. The average molecular weight is 301 g/mol. The van der Waals surface area contributed by atoms with Crippen LogP contribution in [0.4, 0.5) is 5.95 Å². The summed E-state index contributed by atoms with van der Waals surface area (Å²) in [4.78, 5) is 16.0. The van der Waals surface area contributed by atoms with E-state index in [2.05, 4.69) is 35.2 Å². The van der Waals surface area contributed by atoms with E-state index < -0.39 is 0 Å². The summed E-state index contributed by atoms with van der Waals surface area (Å²) in [7, 11) is 0. The molecule has 3 aromatic heterocycles. The molecular weight excluding hydrogens is 282 g/mol. The van der Waals surface area contributed by atoms with Crippen molar-refractivity contribution in [1.82, 2.24) is 19.5 Å². The van der Waals surface area contributed by atoms with Gasteiger partial charge in [0.1, 0.15) is 11.2 Å². The third kappa shape index (κ3) is 2.40. The SMILES string of the molecule is CCNc1nc(-n2cnc(C)c2C)c2cc(CC)sc2n1. The molecule has 0 fully saturated rings. The van der Waals surface area contributed by atoms with Gasteiger partial charge in [0.2, 0.25) is 5.95 Å². The maximum Gasteiger partial charge on any atom is 0.226 e. The zero-order chi connectivity index (χ0) is 15.0. The quantitative estimate of drug-likeness (QED) is 0.801. The summed E-state index contributed by atoms with van der Waals surface area (Å²) in [5.41, 5.74) is 2.14. The number of hydrogen-bond acceptors (Lipinski definition) is 5. The van der Waals surface area contributed by atoms with Crippen LogP contribution in [0.15, 0.2) is 12.4 Å². The molecule has 0 saturated heterocycles. The van der Waals surface area contributed by atoms with E-state index in [1.807, 2.05) is 24.7 Å². The fraction of sp³-hybridized carbons (Fsp3) is 0.400. The van der Waals surface area contributed by atoms with Gasteiger partial charge in [-0.05, 0) is 33.3 Å². The van der Waals surface area contributed by atoms with Gasteiger partial charge in [0.25, 0.3) is 0 Å². The zero-order valence-electron chi connectivity index (χ0n) is 12.8. The van der Waals surface area contributed by atoms with Gasteiger partial charge in [-0.25, -0.2) is 9.97 Å². The van der Waals surface area contributed by atoms with Crippen molar-refractivity contribution in [2.45, 2.75) is 34.1 Å². The summed E-state index contributed by atoms with van der Waals surface area (Å²) >= 11 is 1.73. The third-order valence-corrected chi connectivity index (χ3v) is 4.76. The molecule has 0 amide bonds. The van der Waals surface area contributed by atoms with Crippen molar-refractivity contribution in [1.29, 1.82) is 0 Å². The Kier molecular flexibility index (Phi) is 3.63. The van der Waals surface area contributed by atoms with Gasteiger partial charge < -0.3 is 5.32 Å². The molecule has 0 saturated carbocycles. The summed E-state index contributed by atoms with van der Waals surface area (Å²) in [5, 5.41) is 4.31. The Morgan fingerprint density at radius 3 is 2.67 bits per heavy atom. The van der Waals surface area contributed by atoms with Gasteiger partial charge in [0.05, 0.1) is 11.1 Å². The topological polar surface area (TPSA) is 55.6 Å². The molecule has 110 valence electrons. The number of nitrogens with one attached hydrogen (secondary N) is 1. The summed E-state index contributed by atoms with van der Waals surface area (Å²) in [6.07, 6.45) is 2.85. The number of rotatable bonds is 4. The van der Waals surface area contributed by atoms with E-state index in [-0.39, 0.29) is 0 Å². The van der Waals surface area contributed by atoms with Crippen LogP contribution in [0.2, 0.25) is 0 Å². The fourth-order valence-corrected chi connectivity index (χ4v) is 3.23. The second-order valence-corrected chi connectivity index (χ2v) is 6.09. The Morgan fingerprint density at radius 1 is 1.24 bits per heavy atom.